The Morgan fingerprint density at radius 1 is 1.05 bits per heavy atom. The lowest BCUT2D eigenvalue weighted by Gasteiger charge is -2.16. The van der Waals surface area contributed by atoms with Gasteiger partial charge < -0.3 is 4.74 Å². The molecule has 1 rings (SSSR count). The summed E-state index contributed by atoms with van der Waals surface area (Å²) in [6.45, 7) is 4.02. The fourth-order valence-corrected chi connectivity index (χ4v) is 1.78. The third kappa shape index (κ3) is 4.11. The average Bonchev–Trinajstić information content (AvgIpc) is 2.40. The van der Waals surface area contributed by atoms with E-state index in [0.717, 1.165) is 25.7 Å². The van der Waals surface area contributed by atoms with Gasteiger partial charge >= 0.3 is 0 Å². The van der Waals surface area contributed by atoms with E-state index in [1.54, 1.807) is 0 Å². The van der Waals surface area contributed by atoms with Crippen LogP contribution in [0.25, 0.3) is 0 Å². The van der Waals surface area contributed by atoms with Crippen LogP contribution in [0.5, 0.6) is 5.75 Å². The third-order valence-electron chi connectivity index (χ3n) is 3.08. The zero-order valence-electron chi connectivity index (χ0n) is 11.1. The Balaban J connectivity index is 2.76. The molecular formula is C14H18F4O. The van der Waals surface area contributed by atoms with Crippen molar-refractivity contribution in [3.8, 4) is 5.75 Å². The van der Waals surface area contributed by atoms with Gasteiger partial charge in [-0.2, -0.15) is 8.78 Å². The molecule has 0 spiro atoms. The van der Waals surface area contributed by atoms with E-state index >= 15 is 0 Å². The second-order valence-corrected chi connectivity index (χ2v) is 4.52. The largest absolute Gasteiger partial charge is 0.487 e. The lowest BCUT2D eigenvalue weighted by atomic mass is 10.0. The number of rotatable bonds is 7. The first kappa shape index (κ1) is 15.8. The number of ether oxygens (including phenoxy) is 1. The molecule has 19 heavy (non-hydrogen) atoms. The molecule has 1 aromatic rings. The summed E-state index contributed by atoms with van der Waals surface area (Å²) in [5, 5.41) is 0. The van der Waals surface area contributed by atoms with Gasteiger partial charge in [0.25, 0.3) is 0 Å². The summed E-state index contributed by atoms with van der Waals surface area (Å²) in [5.74, 6) is -6.71. The summed E-state index contributed by atoms with van der Waals surface area (Å²) in [4.78, 5) is 0. The Hall–Kier alpha value is -1.26. The van der Waals surface area contributed by atoms with Gasteiger partial charge in [-0.1, -0.05) is 33.1 Å². The average molecular weight is 278 g/mol. The fraction of sp³-hybridized carbons (Fsp3) is 0.571. The number of halogens is 4. The van der Waals surface area contributed by atoms with Crippen LogP contribution in [0.2, 0.25) is 0 Å². The molecule has 0 N–H and O–H groups in total. The maximum atomic E-state index is 13.3. The van der Waals surface area contributed by atoms with Crippen LogP contribution in [-0.2, 0) is 0 Å². The van der Waals surface area contributed by atoms with Crippen LogP contribution in [0.15, 0.2) is 6.07 Å². The van der Waals surface area contributed by atoms with Crippen LogP contribution in [0.1, 0.15) is 39.5 Å². The zero-order chi connectivity index (χ0) is 14.4. The molecule has 0 aliphatic rings. The predicted molar refractivity (Wildman–Crippen MR) is 65.1 cm³/mol. The van der Waals surface area contributed by atoms with Crippen molar-refractivity contribution >= 4 is 0 Å². The van der Waals surface area contributed by atoms with E-state index in [4.69, 9.17) is 4.74 Å². The summed E-state index contributed by atoms with van der Waals surface area (Å²) >= 11 is 0. The van der Waals surface area contributed by atoms with Crippen molar-refractivity contribution in [1.29, 1.82) is 0 Å². The summed E-state index contributed by atoms with van der Waals surface area (Å²) in [5.41, 5.74) is 0. The molecule has 1 aromatic carbocycles. The molecule has 0 saturated heterocycles. The summed E-state index contributed by atoms with van der Waals surface area (Å²) in [6, 6.07) is 0.173. The molecule has 0 fully saturated rings. The first-order valence-corrected chi connectivity index (χ1v) is 6.47. The predicted octanol–water partition coefficient (Wildman–Crippen LogP) is 4.84. The Bertz CT molecular complexity index is 394. The van der Waals surface area contributed by atoms with Crippen molar-refractivity contribution in [2.45, 2.75) is 39.5 Å². The molecule has 1 unspecified atom stereocenters. The van der Waals surface area contributed by atoms with Gasteiger partial charge in [-0.3, -0.25) is 0 Å². The molecule has 0 heterocycles. The molecule has 0 aliphatic heterocycles. The molecular weight excluding hydrogens is 260 g/mol. The van der Waals surface area contributed by atoms with Crippen molar-refractivity contribution in [3.63, 3.8) is 0 Å². The molecule has 0 saturated carbocycles. The van der Waals surface area contributed by atoms with Crippen LogP contribution in [0.3, 0.4) is 0 Å². The van der Waals surface area contributed by atoms with E-state index in [9.17, 15) is 17.6 Å². The van der Waals surface area contributed by atoms with Gasteiger partial charge in [-0.05, 0) is 12.3 Å². The maximum Gasteiger partial charge on any atom is 0.203 e. The molecule has 1 atom stereocenters. The van der Waals surface area contributed by atoms with E-state index in [1.807, 2.05) is 13.8 Å². The quantitative estimate of drug-likeness (QED) is 0.512. The highest BCUT2D eigenvalue weighted by Gasteiger charge is 2.21. The van der Waals surface area contributed by atoms with Gasteiger partial charge in [0.15, 0.2) is 17.4 Å². The monoisotopic (exact) mass is 278 g/mol. The number of unbranched alkanes of at least 4 members (excludes halogenated alkanes) is 1. The van der Waals surface area contributed by atoms with Gasteiger partial charge in [-0.15, -0.1) is 0 Å². The van der Waals surface area contributed by atoms with E-state index in [1.165, 1.54) is 0 Å². The smallest absolute Gasteiger partial charge is 0.203 e. The van der Waals surface area contributed by atoms with Gasteiger partial charge in [0.05, 0.1) is 6.61 Å². The maximum absolute atomic E-state index is 13.3. The standard InChI is InChI=1S/C14H18F4O/c1-3-5-6-9(4-2)8-19-14-12(17)10(15)7-11(16)13(14)18/h7,9H,3-6,8H2,1-2H3. The SMILES string of the molecule is CCCCC(CC)COc1c(F)c(F)cc(F)c1F. The third-order valence-corrected chi connectivity index (χ3v) is 3.08. The second kappa shape index (κ2) is 7.36. The first-order chi connectivity index (χ1) is 9.01. The van der Waals surface area contributed by atoms with Crippen LogP contribution < -0.4 is 4.74 Å². The van der Waals surface area contributed by atoms with E-state index < -0.39 is 29.0 Å². The minimum absolute atomic E-state index is 0.0488. The van der Waals surface area contributed by atoms with Crippen molar-refractivity contribution < 1.29 is 22.3 Å². The number of hydrogen-bond donors (Lipinski definition) is 0. The highest BCUT2D eigenvalue weighted by Crippen LogP contribution is 2.27. The second-order valence-electron chi connectivity index (χ2n) is 4.52. The van der Waals surface area contributed by atoms with Crippen LogP contribution >= 0.6 is 0 Å². The fourth-order valence-electron chi connectivity index (χ4n) is 1.78. The Morgan fingerprint density at radius 2 is 1.63 bits per heavy atom. The van der Waals surface area contributed by atoms with Gasteiger partial charge in [0.1, 0.15) is 0 Å². The molecule has 0 aliphatic carbocycles. The normalized spacial score (nSPS) is 12.5. The van der Waals surface area contributed by atoms with Gasteiger partial charge in [-0.25, -0.2) is 8.78 Å². The van der Waals surface area contributed by atoms with E-state index in [-0.39, 0.29) is 18.6 Å². The molecule has 0 bridgehead atoms. The highest BCUT2D eigenvalue weighted by atomic mass is 19.2. The van der Waals surface area contributed by atoms with E-state index in [2.05, 4.69) is 0 Å². The molecule has 0 radical (unpaired) electrons. The van der Waals surface area contributed by atoms with Crippen LogP contribution in [-0.4, -0.2) is 6.61 Å². The Morgan fingerprint density at radius 3 is 2.11 bits per heavy atom. The highest BCUT2D eigenvalue weighted by molar-refractivity contribution is 5.28. The lowest BCUT2D eigenvalue weighted by molar-refractivity contribution is 0.210. The van der Waals surface area contributed by atoms with Crippen molar-refractivity contribution in [2.75, 3.05) is 6.61 Å². The number of hydrogen-bond acceptors (Lipinski definition) is 1. The summed E-state index contributed by atoms with van der Waals surface area (Å²) in [6.07, 6.45) is 3.62. The van der Waals surface area contributed by atoms with Crippen molar-refractivity contribution in [1.82, 2.24) is 0 Å². The summed E-state index contributed by atoms with van der Waals surface area (Å²) < 4.78 is 57.6. The lowest BCUT2D eigenvalue weighted by Crippen LogP contribution is -2.13. The topological polar surface area (TPSA) is 9.23 Å². The van der Waals surface area contributed by atoms with Gasteiger partial charge in [0.2, 0.25) is 11.6 Å². The van der Waals surface area contributed by atoms with Crippen LogP contribution in [0.4, 0.5) is 17.6 Å². The summed E-state index contributed by atoms with van der Waals surface area (Å²) in [7, 11) is 0. The minimum atomic E-state index is -1.48. The molecule has 1 nitrogen and oxygen atoms in total. The van der Waals surface area contributed by atoms with Gasteiger partial charge in [0, 0.05) is 6.07 Å². The van der Waals surface area contributed by atoms with Crippen LogP contribution in [0, 0.1) is 29.2 Å². The van der Waals surface area contributed by atoms with E-state index in [0.29, 0.717) is 0 Å². The Labute approximate surface area is 110 Å². The molecule has 0 amide bonds. The zero-order valence-corrected chi connectivity index (χ0v) is 11.1. The molecule has 108 valence electrons. The Kier molecular flexibility index (Phi) is 6.12. The first-order valence-electron chi connectivity index (χ1n) is 6.47. The van der Waals surface area contributed by atoms with Crippen molar-refractivity contribution in [3.05, 3.63) is 29.3 Å². The molecule has 5 heteroatoms. The minimum Gasteiger partial charge on any atom is -0.487 e. The van der Waals surface area contributed by atoms with Crippen molar-refractivity contribution in [2.24, 2.45) is 5.92 Å². The number of benzene rings is 1. The molecule has 0 aromatic heterocycles.